The van der Waals surface area contributed by atoms with Crippen molar-refractivity contribution < 1.29 is 17.9 Å². The lowest BCUT2D eigenvalue weighted by Gasteiger charge is -2.24. The maximum absolute atomic E-state index is 13.0. The number of carbonyl (C=O) groups is 1. The standard InChI is InChI=1S/C17H18INO4S/c1-13(2)23-17(20)12-19(15-10-8-14(18)9-11-15)24(21,22)16-6-4-3-5-7-16/h3-11,13H,12H2,1-2H3. The molecular formula is C17H18INO4S. The molecular weight excluding hydrogens is 441 g/mol. The van der Waals surface area contributed by atoms with Gasteiger partial charge in [-0.25, -0.2) is 8.42 Å². The second-order valence-corrected chi connectivity index (χ2v) is 8.45. The van der Waals surface area contributed by atoms with Crippen LogP contribution in [0.3, 0.4) is 0 Å². The van der Waals surface area contributed by atoms with Gasteiger partial charge in [0.2, 0.25) is 0 Å². The molecule has 0 aliphatic carbocycles. The SMILES string of the molecule is CC(C)OC(=O)CN(c1ccc(I)cc1)S(=O)(=O)c1ccccc1. The lowest BCUT2D eigenvalue weighted by Crippen LogP contribution is -2.37. The summed E-state index contributed by atoms with van der Waals surface area (Å²) in [5, 5.41) is 0. The van der Waals surface area contributed by atoms with Gasteiger partial charge in [0.25, 0.3) is 10.0 Å². The summed E-state index contributed by atoms with van der Waals surface area (Å²) in [5.74, 6) is -0.594. The molecule has 24 heavy (non-hydrogen) atoms. The Balaban J connectivity index is 2.42. The van der Waals surface area contributed by atoms with Crippen LogP contribution in [0.25, 0.3) is 0 Å². The Morgan fingerprint density at radius 2 is 1.67 bits per heavy atom. The maximum Gasteiger partial charge on any atom is 0.327 e. The smallest absolute Gasteiger partial charge is 0.327 e. The maximum atomic E-state index is 13.0. The molecule has 0 N–H and O–H groups in total. The lowest BCUT2D eigenvalue weighted by molar-refractivity contribution is -0.145. The van der Waals surface area contributed by atoms with E-state index in [-0.39, 0.29) is 17.5 Å². The van der Waals surface area contributed by atoms with Crippen molar-refractivity contribution in [3.63, 3.8) is 0 Å². The predicted molar refractivity (Wildman–Crippen MR) is 101 cm³/mol. The Morgan fingerprint density at radius 1 is 1.08 bits per heavy atom. The highest BCUT2D eigenvalue weighted by atomic mass is 127. The number of esters is 1. The molecule has 0 bridgehead atoms. The minimum Gasteiger partial charge on any atom is -0.462 e. The van der Waals surface area contributed by atoms with Crippen LogP contribution in [0.2, 0.25) is 0 Å². The van der Waals surface area contributed by atoms with Gasteiger partial charge < -0.3 is 4.74 Å². The number of hydrogen-bond donors (Lipinski definition) is 0. The highest BCUT2D eigenvalue weighted by Crippen LogP contribution is 2.24. The molecule has 2 aromatic carbocycles. The van der Waals surface area contributed by atoms with E-state index in [0.29, 0.717) is 5.69 Å². The van der Waals surface area contributed by atoms with Gasteiger partial charge in [-0.3, -0.25) is 9.10 Å². The largest absolute Gasteiger partial charge is 0.462 e. The molecule has 2 rings (SSSR count). The van der Waals surface area contributed by atoms with Gasteiger partial charge in [0.05, 0.1) is 16.7 Å². The van der Waals surface area contributed by atoms with Crippen molar-refractivity contribution in [2.75, 3.05) is 10.8 Å². The summed E-state index contributed by atoms with van der Waals surface area (Å²) in [6, 6.07) is 15.0. The highest BCUT2D eigenvalue weighted by Gasteiger charge is 2.27. The Labute approximate surface area is 155 Å². The van der Waals surface area contributed by atoms with Crippen LogP contribution in [-0.4, -0.2) is 27.0 Å². The fourth-order valence-electron chi connectivity index (χ4n) is 2.06. The van der Waals surface area contributed by atoms with Gasteiger partial charge in [0.15, 0.2) is 0 Å². The van der Waals surface area contributed by atoms with Gasteiger partial charge in [-0.15, -0.1) is 0 Å². The number of nitrogens with zero attached hydrogens (tertiary/aromatic N) is 1. The fraction of sp³-hybridized carbons (Fsp3) is 0.235. The van der Waals surface area contributed by atoms with E-state index in [2.05, 4.69) is 22.6 Å². The average molecular weight is 459 g/mol. The fourth-order valence-corrected chi connectivity index (χ4v) is 3.85. The molecule has 0 heterocycles. The third-order valence-electron chi connectivity index (χ3n) is 3.09. The third-order valence-corrected chi connectivity index (χ3v) is 5.59. The third kappa shape index (κ3) is 4.70. The number of carbonyl (C=O) groups excluding carboxylic acids is 1. The van der Waals surface area contributed by atoms with E-state index in [0.717, 1.165) is 7.88 Å². The van der Waals surface area contributed by atoms with Crippen molar-refractivity contribution in [1.82, 2.24) is 0 Å². The number of halogens is 1. The van der Waals surface area contributed by atoms with Crippen molar-refractivity contribution >= 4 is 44.3 Å². The van der Waals surface area contributed by atoms with E-state index < -0.39 is 16.0 Å². The van der Waals surface area contributed by atoms with Crippen LogP contribution in [0.5, 0.6) is 0 Å². The van der Waals surface area contributed by atoms with E-state index in [1.807, 2.05) is 0 Å². The van der Waals surface area contributed by atoms with Crippen LogP contribution in [0.4, 0.5) is 5.69 Å². The number of sulfonamides is 1. The monoisotopic (exact) mass is 459 g/mol. The Morgan fingerprint density at radius 3 is 2.21 bits per heavy atom. The first-order chi connectivity index (χ1) is 11.3. The summed E-state index contributed by atoms with van der Waals surface area (Å²) in [6.45, 7) is 3.06. The summed E-state index contributed by atoms with van der Waals surface area (Å²) in [4.78, 5) is 12.2. The van der Waals surface area contributed by atoms with Gasteiger partial charge in [0, 0.05) is 3.57 Å². The van der Waals surface area contributed by atoms with Crippen molar-refractivity contribution in [2.24, 2.45) is 0 Å². The number of benzene rings is 2. The van der Waals surface area contributed by atoms with Gasteiger partial charge in [0.1, 0.15) is 6.54 Å². The van der Waals surface area contributed by atoms with E-state index in [1.165, 1.54) is 12.1 Å². The first kappa shape index (κ1) is 18.7. The molecule has 128 valence electrons. The first-order valence-electron chi connectivity index (χ1n) is 7.33. The van der Waals surface area contributed by atoms with Gasteiger partial charge in [-0.2, -0.15) is 0 Å². The Bertz CT molecular complexity index is 789. The summed E-state index contributed by atoms with van der Waals surface area (Å²) in [6.07, 6.45) is -0.310. The quantitative estimate of drug-likeness (QED) is 0.491. The summed E-state index contributed by atoms with van der Waals surface area (Å²) >= 11 is 2.13. The normalized spacial score (nSPS) is 11.3. The van der Waals surface area contributed by atoms with Crippen LogP contribution < -0.4 is 4.31 Å². The highest BCUT2D eigenvalue weighted by molar-refractivity contribution is 14.1. The van der Waals surface area contributed by atoms with Crippen LogP contribution in [0.15, 0.2) is 59.5 Å². The van der Waals surface area contributed by atoms with Crippen LogP contribution in [0, 0.1) is 3.57 Å². The molecule has 7 heteroatoms. The van der Waals surface area contributed by atoms with Gasteiger partial charge in [-0.05, 0) is 72.8 Å². The molecule has 5 nitrogen and oxygen atoms in total. The van der Waals surface area contributed by atoms with Crippen molar-refractivity contribution in [3.05, 3.63) is 58.2 Å². The van der Waals surface area contributed by atoms with E-state index in [9.17, 15) is 13.2 Å². The Hall–Kier alpha value is -1.61. The number of anilines is 1. The second kappa shape index (κ2) is 7.98. The van der Waals surface area contributed by atoms with Crippen LogP contribution in [0.1, 0.15) is 13.8 Å². The average Bonchev–Trinajstić information content (AvgIpc) is 2.54. The minimum absolute atomic E-state index is 0.126. The molecule has 0 radical (unpaired) electrons. The summed E-state index contributed by atoms with van der Waals surface area (Å²) in [7, 11) is -3.87. The number of rotatable bonds is 6. The molecule has 0 aromatic heterocycles. The first-order valence-corrected chi connectivity index (χ1v) is 9.85. The molecule has 0 fully saturated rings. The van der Waals surface area contributed by atoms with Gasteiger partial charge >= 0.3 is 5.97 Å². The van der Waals surface area contributed by atoms with Crippen molar-refractivity contribution in [1.29, 1.82) is 0 Å². The topological polar surface area (TPSA) is 63.7 Å². The van der Waals surface area contributed by atoms with E-state index >= 15 is 0 Å². The lowest BCUT2D eigenvalue weighted by atomic mass is 10.3. The zero-order valence-electron chi connectivity index (χ0n) is 13.3. The molecule has 0 saturated heterocycles. The van der Waals surface area contributed by atoms with E-state index in [4.69, 9.17) is 4.74 Å². The summed E-state index contributed by atoms with van der Waals surface area (Å²) < 4.78 is 33.1. The van der Waals surface area contributed by atoms with Crippen LogP contribution in [-0.2, 0) is 19.6 Å². The molecule has 0 aliphatic rings. The molecule has 0 atom stereocenters. The molecule has 0 saturated carbocycles. The molecule has 2 aromatic rings. The van der Waals surface area contributed by atoms with Crippen molar-refractivity contribution in [3.8, 4) is 0 Å². The summed E-state index contributed by atoms with van der Waals surface area (Å²) in [5.41, 5.74) is 0.417. The zero-order chi connectivity index (χ0) is 17.7. The molecule has 0 aliphatic heterocycles. The Kier molecular flexibility index (Phi) is 6.22. The zero-order valence-corrected chi connectivity index (χ0v) is 16.3. The molecule has 0 unspecified atom stereocenters. The molecule has 0 amide bonds. The predicted octanol–water partition coefficient (Wildman–Crippen LogP) is 3.44. The van der Waals surface area contributed by atoms with E-state index in [1.54, 1.807) is 56.3 Å². The van der Waals surface area contributed by atoms with Gasteiger partial charge in [-0.1, -0.05) is 18.2 Å². The van der Waals surface area contributed by atoms with Crippen molar-refractivity contribution in [2.45, 2.75) is 24.8 Å². The second-order valence-electron chi connectivity index (χ2n) is 5.34. The minimum atomic E-state index is -3.87. The molecule has 0 spiro atoms. The number of hydrogen-bond acceptors (Lipinski definition) is 4. The number of ether oxygens (including phenoxy) is 1. The van der Waals surface area contributed by atoms with Crippen LogP contribution >= 0.6 is 22.6 Å².